The second kappa shape index (κ2) is 8.09. The summed E-state index contributed by atoms with van der Waals surface area (Å²) in [4.78, 5) is 12.6. The van der Waals surface area contributed by atoms with Gasteiger partial charge in [-0.1, -0.05) is 13.0 Å². The Morgan fingerprint density at radius 2 is 1.71 bits per heavy atom. The van der Waals surface area contributed by atoms with Gasteiger partial charge in [-0.2, -0.15) is 0 Å². The number of rotatable bonds is 5. The van der Waals surface area contributed by atoms with E-state index in [-0.39, 0.29) is 0 Å². The summed E-state index contributed by atoms with van der Waals surface area (Å²) in [5, 5.41) is 9.23. The second-order valence-corrected chi connectivity index (χ2v) is 7.57. The third kappa shape index (κ3) is 3.56. The van der Waals surface area contributed by atoms with E-state index in [1.54, 1.807) is 21.3 Å². The fraction of sp³-hybridized carbons (Fsp3) is 0.435. The van der Waals surface area contributed by atoms with Crippen LogP contribution >= 0.6 is 0 Å². The van der Waals surface area contributed by atoms with Crippen molar-refractivity contribution in [2.75, 3.05) is 34.4 Å². The molecular weight excluding hydrogens is 402 g/mol. The number of hydrogen-bond donors (Lipinski definition) is 1. The third-order valence-corrected chi connectivity index (χ3v) is 5.93. The Balaban J connectivity index is 1.71. The highest BCUT2D eigenvalue weighted by Gasteiger charge is 2.46. The number of carboxylic acid groups (broad SMARTS) is 1. The summed E-state index contributed by atoms with van der Waals surface area (Å²) in [6.07, 6.45) is 0.785. The maximum Gasteiger partial charge on any atom is 0.407 e. The lowest BCUT2D eigenvalue weighted by Crippen LogP contribution is -2.50. The average Bonchev–Trinajstić information content (AvgIpc) is 3.15. The van der Waals surface area contributed by atoms with E-state index >= 15 is 0 Å². The minimum Gasteiger partial charge on any atom is -0.493 e. The monoisotopic (exact) mass is 429 g/mol. The lowest BCUT2D eigenvalue weighted by Gasteiger charge is -2.36. The quantitative estimate of drug-likeness (QED) is 0.763. The molecule has 1 spiro atoms. The molecule has 2 aromatic rings. The van der Waals surface area contributed by atoms with Gasteiger partial charge in [-0.15, -0.1) is 0 Å². The van der Waals surface area contributed by atoms with Crippen LogP contribution in [0.2, 0.25) is 0 Å². The van der Waals surface area contributed by atoms with Crippen molar-refractivity contribution in [3.63, 3.8) is 0 Å². The van der Waals surface area contributed by atoms with Crippen molar-refractivity contribution in [1.29, 1.82) is 0 Å². The van der Waals surface area contributed by atoms with Gasteiger partial charge in [0.2, 0.25) is 5.75 Å². The van der Waals surface area contributed by atoms with Gasteiger partial charge in [0.25, 0.3) is 5.79 Å². The Kier molecular flexibility index (Phi) is 5.47. The second-order valence-electron chi connectivity index (χ2n) is 7.57. The first-order chi connectivity index (χ1) is 14.9. The zero-order chi connectivity index (χ0) is 22.2. The van der Waals surface area contributed by atoms with Crippen molar-refractivity contribution >= 4 is 6.09 Å². The summed E-state index contributed by atoms with van der Waals surface area (Å²) >= 11 is 0. The Labute approximate surface area is 181 Å². The number of fused-ring (bicyclic) bond motifs is 1. The average molecular weight is 429 g/mol. The molecule has 4 rings (SSSR count). The number of hydrogen-bond acceptors (Lipinski definition) is 6. The van der Waals surface area contributed by atoms with Gasteiger partial charge in [-0.3, -0.25) is 0 Å². The maximum atomic E-state index is 11.2. The van der Waals surface area contributed by atoms with Gasteiger partial charge in [-0.05, 0) is 35.7 Å². The molecule has 1 fully saturated rings. The van der Waals surface area contributed by atoms with Crippen molar-refractivity contribution in [3.8, 4) is 39.9 Å². The summed E-state index contributed by atoms with van der Waals surface area (Å²) in [6.45, 7) is 2.83. The van der Waals surface area contributed by atoms with Crippen LogP contribution in [-0.2, 0) is 6.42 Å². The van der Waals surface area contributed by atoms with Crippen molar-refractivity contribution in [3.05, 3.63) is 29.8 Å². The molecule has 166 valence electrons. The van der Waals surface area contributed by atoms with Crippen molar-refractivity contribution < 1.29 is 33.6 Å². The molecule has 0 unspecified atom stereocenters. The highest BCUT2D eigenvalue weighted by Crippen LogP contribution is 2.50. The lowest BCUT2D eigenvalue weighted by molar-refractivity contribution is -0.115. The third-order valence-electron chi connectivity index (χ3n) is 5.93. The van der Waals surface area contributed by atoms with Crippen LogP contribution in [-0.4, -0.2) is 56.3 Å². The molecule has 1 amide bonds. The molecule has 0 bridgehead atoms. The number of ether oxygens (including phenoxy) is 5. The van der Waals surface area contributed by atoms with E-state index in [0.717, 1.165) is 28.9 Å². The van der Waals surface area contributed by atoms with Gasteiger partial charge in [0.1, 0.15) is 0 Å². The molecule has 0 aromatic heterocycles. The standard InChI is InChI=1S/C23H27NO7/c1-5-15-16(14-12-18(27-2)21(29-4)19(13-14)28-3)6-7-17-20(15)31-23(30-17)8-10-24(11-9-23)22(25)26/h6-7,12-13H,5,8-11H2,1-4H3,(H,25,26). The molecule has 2 aliphatic rings. The summed E-state index contributed by atoms with van der Waals surface area (Å²) in [7, 11) is 4.76. The van der Waals surface area contributed by atoms with Crippen LogP contribution in [0, 0.1) is 0 Å². The highest BCUT2D eigenvalue weighted by molar-refractivity contribution is 5.77. The van der Waals surface area contributed by atoms with E-state index < -0.39 is 11.9 Å². The van der Waals surface area contributed by atoms with E-state index in [4.69, 9.17) is 23.7 Å². The number of methoxy groups -OCH3 is 3. The molecular formula is C23H27NO7. The van der Waals surface area contributed by atoms with E-state index in [9.17, 15) is 9.90 Å². The van der Waals surface area contributed by atoms with Gasteiger partial charge in [-0.25, -0.2) is 4.79 Å². The summed E-state index contributed by atoms with van der Waals surface area (Å²) in [5.41, 5.74) is 2.92. The number of benzene rings is 2. The molecule has 2 heterocycles. The van der Waals surface area contributed by atoms with Crippen LogP contribution in [0.5, 0.6) is 28.7 Å². The van der Waals surface area contributed by atoms with Gasteiger partial charge < -0.3 is 33.7 Å². The molecule has 0 atom stereocenters. The summed E-state index contributed by atoms with van der Waals surface area (Å²) < 4.78 is 29.1. The van der Waals surface area contributed by atoms with Crippen LogP contribution < -0.4 is 23.7 Å². The topological polar surface area (TPSA) is 86.7 Å². The smallest absolute Gasteiger partial charge is 0.407 e. The molecule has 2 aliphatic heterocycles. The normalized spacial score (nSPS) is 16.3. The van der Waals surface area contributed by atoms with Crippen molar-refractivity contribution in [2.24, 2.45) is 0 Å². The van der Waals surface area contributed by atoms with Gasteiger partial charge in [0.05, 0.1) is 21.3 Å². The highest BCUT2D eigenvalue weighted by atomic mass is 16.7. The van der Waals surface area contributed by atoms with Crippen molar-refractivity contribution in [1.82, 2.24) is 4.90 Å². The molecule has 1 N–H and O–H groups in total. The van der Waals surface area contributed by atoms with Gasteiger partial charge in [0.15, 0.2) is 23.0 Å². The Hall–Kier alpha value is -3.29. The maximum absolute atomic E-state index is 11.2. The minimum absolute atomic E-state index is 0.379. The van der Waals surface area contributed by atoms with Gasteiger partial charge in [0, 0.05) is 31.5 Å². The molecule has 31 heavy (non-hydrogen) atoms. The molecule has 0 aliphatic carbocycles. The molecule has 0 saturated carbocycles. The Morgan fingerprint density at radius 3 is 2.23 bits per heavy atom. The molecule has 1 saturated heterocycles. The zero-order valence-corrected chi connectivity index (χ0v) is 18.2. The molecule has 8 nitrogen and oxygen atoms in total. The lowest BCUT2D eigenvalue weighted by atomic mass is 9.96. The summed E-state index contributed by atoms with van der Waals surface area (Å²) in [6, 6.07) is 7.75. The molecule has 0 radical (unpaired) electrons. The first kappa shape index (κ1) is 21.0. The number of amides is 1. The number of carbonyl (C=O) groups is 1. The predicted molar refractivity (Wildman–Crippen MR) is 114 cm³/mol. The first-order valence-electron chi connectivity index (χ1n) is 10.3. The zero-order valence-electron chi connectivity index (χ0n) is 18.2. The first-order valence-corrected chi connectivity index (χ1v) is 10.3. The fourth-order valence-corrected chi connectivity index (χ4v) is 4.31. The number of likely N-dealkylation sites (tertiary alicyclic amines) is 1. The minimum atomic E-state index is -0.913. The number of nitrogens with zero attached hydrogens (tertiary/aromatic N) is 1. The Morgan fingerprint density at radius 1 is 1.06 bits per heavy atom. The van der Waals surface area contributed by atoms with Crippen LogP contribution in [0.25, 0.3) is 11.1 Å². The molecule has 2 aromatic carbocycles. The predicted octanol–water partition coefficient (Wildman–Crippen LogP) is 4.18. The van der Waals surface area contributed by atoms with Gasteiger partial charge >= 0.3 is 6.09 Å². The molecule has 8 heteroatoms. The van der Waals surface area contributed by atoms with Crippen LogP contribution in [0.15, 0.2) is 24.3 Å². The Bertz CT molecular complexity index is 971. The van der Waals surface area contributed by atoms with Crippen molar-refractivity contribution in [2.45, 2.75) is 32.0 Å². The fourth-order valence-electron chi connectivity index (χ4n) is 4.31. The summed E-state index contributed by atoms with van der Waals surface area (Å²) in [5.74, 6) is 2.29. The largest absolute Gasteiger partial charge is 0.493 e. The van der Waals surface area contributed by atoms with Crippen LogP contribution in [0.1, 0.15) is 25.3 Å². The van der Waals surface area contributed by atoms with E-state index in [1.165, 1.54) is 4.90 Å². The van der Waals surface area contributed by atoms with Crippen LogP contribution in [0.3, 0.4) is 0 Å². The van der Waals surface area contributed by atoms with E-state index in [0.29, 0.717) is 48.9 Å². The van der Waals surface area contributed by atoms with Crippen LogP contribution in [0.4, 0.5) is 4.79 Å². The van der Waals surface area contributed by atoms with E-state index in [2.05, 4.69) is 6.92 Å². The van der Waals surface area contributed by atoms with E-state index in [1.807, 2.05) is 24.3 Å². The number of piperidine rings is 1. The SMILES string of the molecule is CCc1c(-c2cc(OC)c(OC)c(OC)c2)ccc2c1OC1(CCN(C(=O)O)CC1)O2.